The van der Waals surface area contributed by atoms with Crippen molar-refractivity contribution in [1.29, 1.82) is 0 Å². The molecule has 0 aliphatic carbocycles. The smallest absolute Gasteiger partial charge is 0.329 e. The van der Waals surface area contributed by atoms with Crippen LogP contribution in [-0.2, 0) is 16.1 Å². The van der Waals surface area contributed by atoms with Crippen molar-refractivity contribution in [2.75, 3.05) is 0 Å². The van der Waals surface area contributed by atoms with Crippen molar-refractivity contribution in [3.05, 3.63) is 86.7 Å². The number of carbonyl (C=O) groups excluding carboxylic acids is 1. The topological polar surface area (TPSA) is 61.2 Å². The van der Waals surface area contributed by atoms with Gasteiger partial charge in [0, 0.05) is 15.4 Å². The number of thiophene rings is 1. The lowest BCUT2D eigenvalue weighted by Gasteiger charge is -2.14. The largest absolute Gasteiger partial charge is 0.459 e. The minimum atomic E-state index is -0.777. The summed E-state index contributed by atoms with van der Waals surface area (Å²) in [5.41, 5.74) is 2.38. The normalized spacial score (nSPS) is 12.1. The Balaban J connectivity index is 1.64. The van der Waals surface area contributed by atoms with Crippen LogP contribution in [0.15, 0.2) is 75.6 Å². The number of hydrogen-bond donors (Lipinski definition) is 0. The Labute approximate surface area is 179 Å². The Hall–Kier alpha value is -2.77. The molecular formula is C22H17BrN2O3S. The van der Waals surface area contributed by atoms with Gasteiger partial charge in [0.15, 0.2) is 0 Å². The van der Waals surface area contributed by atoms with Crippen molar-refractivity contribution in [1.82, 2.24) is 9.55 Å². The lowest BCUT2D eigenvalue weighted by Crippen LogP contribution is -2.29. The van der Waals surface area contributed by atoms with E-state index in [2.05, 4.69) is 20.9 Å². The summed E-state index contributed by atoms with van der Waals surface area (Å²) < 4.78 is 7.69. The third-order valence-electron chi connectivity index (χ3n) is 4.66. The van der Waals surface area contributed by atoms with Gasteiger partial charge in [-0.3, -0.25) is 9.36 Å². The van der Waals surface area contributed by atoms with E-state index >= 15 is 0 Å². The zero-order valence-corrected chi connectivity index (χ0v) is 17.9. The zero-order valence-electron chi connectivity index (χ0n) is 15.5. The highest BCUT2D eigenvalue weighted by atomic mass is 79.9. The molecule has 0 bridgehead atoms. The Kier molecular flexibility index (Phi) is 5.60. The highest BCUT2D eigenvalue weighted by molar-refractivity contribution is 9.10. The third-order valence-corrected chi connectivity index (χ3v) is 6.07. The average molecular weight is 469 g/mol. The summed E-state index contributed by atoms with van der Waals surface area (Å²) in [6.45, 7) is 1.81. The maximum absolute atomic E-state index is 13.2. The van der Waals surface area contributed by atoms with Crippen LogP contribution in [0.5, 0.6) is 0 Å². The number of halogens is 1. The molecule has 146 valence electrons. The first-order valence-electron chi connectivity index (χ1n) is 8.99. The van der Waals surface area contributed by atoms with Crippen LogP contribution < -0.4 is 5.56 Å². The number of aromatic nitrogens is 2. The molecule has 0 radical (unpaired) electrons. The van der Waals surface area contributed by atoms with Crippen LogP contribution >= 0.6 is 27.3 Å². The van der Waals surface area contributed by atoms with Gasteiger partial charge in [0.2, 0.25) is 0 Å². The molecule has 0 fully saturated rings. The summed E-state index contributed by atoms with van der Waals surface area (Å²) in [7, 11) is 0. The van der Waals surface area contributed by atoms with Gasteiger partial charge in [-0.05, 0) is 30.2 Å². The number of carbonyl (C=O) groups is 1. The number of hydrogen-bond acceptors (Lipinski definition) is 5. The molecule has 4 rings (SSSR count). The molecule has 0 saturated heterocycles. The van der Waals surface area contributed by atoms with E-state index in [1.165, 1.54) is 22.2 Å². The summed E-state index contributed by atoms with van der Waals surface area (Å²) in [5, 5.41) is 2.44. The first-order chi connectivity index (χ1) is 14.0. The molecule has 1 atom stereocenters. The molecule has 0 amide bonds. The molecule has 0 aliphatic heterocycles. The average Bonchev–Trinajstić information content (AvgIpc) is 3.18. The molecular weight excluding hydrogens is 452 g/mol. The lowest BCUT2D eigenvalue weighted by molar-refractivity contribution is -0.148. The van der Waals surface area contributed by atoms with Gasteiger partial charge in [-0.1, -0.05) is 58.4 Å². The maximum Gasteiger partial charge on any atom is 0.329 e. The molecule has 2 aromatic heterocycles. The Morgan fingerprint density at radius 1 is 1.17 bits per heavy atom. The molecule has 0 N–H and O–H groups in total. The molecule has 5 nitrogen and oxygen atoms in total. The second kappa shape index (κ2) is 8.31. The highest BCUT2D eigenvalue weighted by Crippen LogP contribution is 2.31. The van der Waals surface area contributed by atoms with Crippen molar-refractivity contribution in [3.8, 4) is 11.1 Å². The van der Waals surface area contributed by atoms with Gasteiger partial charge in [0.25, 0.3) is 5.56 Å². The van der Waals surface area contributed by atoms with Crippen molar-refractivity contribution < 1.29 is 9.53 Å². The molecule has 0 saturated carbocycles. The number of fused-ring (bicyclic) bond motifs is 1. The number of esters is 1. The number of benzene rings is 2. The van der Waals surface area contributed by atoms with Crippen molar-refractivity contribution in [2.45, 2.75) is 19.6 Å². The SMILES string of the molecule is CC(C(=O)OCc1ccccc1)n1cnc2scc(-c3ccc(Br)cc3)c2c1=O. The molecule has 7 heteroatoms. The van der Waals surface area contributed by atoms with Gasteiger partial charge >= 0.3 is 5.97 Å². The Morgan fingerprint density at radius 2 is 1.90 bits per heavy atom. The predicted octanol–water partition coefficient (Wildman–Crippen LogP) is 5.19. The van der Waals surface area contributed by atoms with E-state index in [0.29, 0.717) is 10.2 Å². The van der Waals surface area contributed by atoms with Crippen LogP contribution in [0.3, 0.4) is 0 Å². The Morgan fingerprint density at radius 3 is 2.62 bits per heavy atom. The minimum Gasteiger partial charge on any atom is -0.459 e. The summed E-state index contributed by atoms with van der Waals surface area (Å²) >= 11 is 4.84. The van der Waals surface area contributed by atoms with E-state index in [1.54, 1.807) is 6.92 Å². The Bertz CT molecular complexity index is 1220. The summed E-state index contributed by atoms with van der Waals surface area (Å²) in [5.74, 6) is -0.475. The quantitative estimate of drug-likeness (QED) is 0.378. The molecule has 1 unspecified atom stereocenters. The van der Waals surface area contributed by atoms with Gasteiger partial charge in [-0.25, -0.2) is 9.78 Å². The summed E-state index contributed by atoms with van der Waals surface area (Å²) in [6, 6.07) is 16.4. The van der Waals surface area contributed by atoms with Crippen LogP contribution in [0.25, 0.3) is 21.3 Å². The fourth-order valence-corrected chi connectivity index (χ4v) is 4.20. The van der Waals surface area contributed by atoms with Gasteiger partial charge in [-0.2, -0.15) is 0 Å². The highest BCUT2D eigenvalue weighted by Gasteiger charge is 2.21. The molecule has 2 aromatic carbocycles. The maximum atomic E-state index is 13.2. The van der Waals surface area contributed by atoms with E-state index in [1.807, 2.05) is 60.0 Å². The van der Waals surface area contributed by atoms with Gasteiger partial charge in [0.05, 0.1) is 11.7 Å². The van der Waals surface area contributed by atoms with Gasteiger partial charge in [0.1, 0.15) is 17.5 Å². The second-order valence-electron chi connectivity index (χ2n) is 6.56. The number of ether oxygens (including phenoxy) is 1. The van der Waals surface area contributed by atoms with E-state index in [9.17, 15) is 9.59 Å². The first kappa shape index (κ1) is 19.5. The monoisotopic (exact) mass is 468 g/mol. The zero-order chi connectivity index (χ0) is 20.4. The van der Waals surface area contributed by atoms with Crippen LogP contribution in [0.4, 0.5) is 0 Å². The van der Waals surface area contributed by atoms with Crippen molar-refractivity contribution in [3.63, 3.8) is 0 Å². The number of nitrogens with zero attached hydrogens (tertiary/aromatic N) is 2. The van der Waals surface area contributed by atoms with E-state index in [4.69, 9.17) is 4.74 Å². The molecule has 0 spiro atoms. The van der Waals surface area contributed by atoms with E-state index in [0.717, 1.165) is 21.2 Å². The second-order valence-corrected chi connectivity index (χ2v) is 8.34. The molecule has 0 aliphatic rings. The fraction of sp³-hybridized carbons (Fsp3) is 0.136. The van der Waals surface area contributed by atoms with Crippen LogP contribution in [-0.4, -0.2) is 15.5 Å². The van der Waals surface area contributed by atoms with Crippen molar-refractivity contribution in [2.24, 2.45) is 0 Å². The van der Waals surface area contributed by atoms with Crippen LogP contribution in [0.1, 0.15) is 18.5 Å². The van der Waals surface area contributed by atoms with E-state index in [-0.39, 0.29) is 12.2 Å². The summed E-state index contributed by atoms with van der Waals surface area (Å²) in [4.78, 5) is 30.7. The lowest BCUT2D eigenvalue weighted by atomic mass is 10.1. The van der Waals surface area contributed by atoms with Gasteiger partial charge in [-0.15, -0.1) is 11.3 Å². The minimum absolute atomic E-state index is 0.164. The van der Waals surface area contributed by atoms with Crippen LogP contribution in [0, 0.1) is 0 Å². The predicted molar refractivity (Wildman–Crippen MR) is 118 cm³/mol. The van der Waals surface area contributed by atoms with E-state index < -0.39 is 12.0 Å². The molecule has 29 heavy (non-hydrogen) atoms. The third kappa shape index (κ3) is 4.02. The van der Waals surface area contributed by atoms with Gasteiger partial charge < -0.3 is 4.74 Å². The first-order valence-corrected chi connectivity index (χ1v) is 10.7. The fourth-order valence-electron chi connectivity index (χ4n) is 3.03. The number of rotatable bonds is 5. The molecule has 2 heterocycles. The summed E-state index contributed by atoms with van der Waals surface area (Å²) in [6.07, 6.45) is 1.42. The van der Waals surface area contributed by atoms with Crippen LogP contribution in [0.2, 0.25) is 0 Å². The standard InChI is InChI=1S/C22H17BrN2O3S/c1-14(22(27)28-11-15-5-3-2-4-6-15)25-13-24-20-19(21(25)26)18(12-29-20)16-7-9-17(23)10-8-16/h2-10,12-14H,11H2,1H3. The van der Waals surface area contributed by atoms with Crippen molar-refractivity contribution >= 4 is 43.5 Å². The molecule has 4 aromatic rings.